The number of hydrogen-bond acceptors (Lipinski definition) is 6. The van der Waals surface area contributed by atoms with Crippen LogP contribution < -0.4 is 10.6 Å². The number of carboxylic acid groups (broad SMARTS) is 1. The number of halogens is 3. The number of hydrazone groups is 1. The van der Waals surface area contributed by atoms with Gasteiger partial charge in [-0.3, -0.25) is 4.79 Å². The number of carbonyl (C=O) groups excluding carboxylic acids is 1. The van der Waals surface area contributed by atoms with Crippen molar-refractivity contribution in [2.75, 3.05) is 13.1 Å². The molecule has 14 heteroatoms. The highest BCUT2D eigenvalue weighted by Crippen LogP contribution is 2.22. The van der Waals surface area contributed by atoms with Gasteiger partial charge in [-0.25, -0.2) is 4.79 Å². The molecule has 1 amide bonds. The number of amides is 1. The summed E-state index contributed by atoms with van der Waals surface area (Å²) in [4.78, 5) is 23.4. The quantitative estimate of drug-likeness (QED) is 0.288. The molecule has 1 atom stereocenters. The second-order valence-corrected chi connectivity index (χ2v) is 10.1. The molecule has 2 aromatic rings. The van der Waals surface area contributed by atoms with E-state index in [2.05, 4.69) is 9.82 Å². The highest BCUT2D eigenvalue weighted by atomic mass is 32.2. The molecule has 37 heavy (non-hydrogen) atoms. The molecule has 4 rings (SSSR count). The van der Waals surface area contributed by atoms with Crippen LogP contribution in [0, 0.1) is 0 Å². The van der Waals surface area contributed by atoms with Gasteiger partial charge in [0.25, 0.3) is 10.2 Å². The van der Waals surface area contributed by atoms with Crippen molar-refractivity contribution in [1.82, 2.24) is 13.9 Å². The van der Waals surface area contributed by atoms with Gasteiger partial charge in [-0.2, -0.15) is 35.7 Å². The van der Waals surface area contributed by atoms with Gasteiger partial charge in [0.15, 0.2) is 0 Å². The first-order valence-corrected chi connectivity index (χ1v) is 12.6. The standard InChI is InChI=1S/C21H25N5O3S.C2HF3O2/c22-23-13-16-4-3-5-17(12-16)14-25-10-9-20(21(25)27)24-30(28,29)26-11-8-18-6-1-2-7-19(18)15-26;3-2(4,5)1(6)7/h1-7,12-13,20,24H,8-11,14-15,22H2;(H,6,7)/t20-;/m0./s1. The summed E-state index contributed by atoms with van der Waals surface area (Å²) in [5.41, 5.74) is 3.98. The molecule has 2 aromatic carbocycles. The lowest BCUT2D eigenvalue weighted by Crippen LogP contribution is -2.49. The van der Waals surface area contributed by atoms with Crippen LogP contribution in [0.15, 0.2) is 53.6 Å². The van der Waals surface area contributed by atoms with Crippen LogP contribution in [0.2, 0.25) is 0 Å². The summed E-state index contributed by atoms with van der Waals surface area (Å²) < 4.78 is 61.6. The van der Waals surface area contributed by atoms with E-state index in [9.17, 15) is 26.4 Å². The molecule has 0 aromatic heterocycles. The predicted octanol–water partition coefficient (Wildman–Crippen LogP) is 1.61. The monoisotopic (exact) mass is 541 g/mol. The number of fused-ring (bicyclic) bond motifs is 1. The van der Waals surface area contributed by atoms with Crippen molar-refractivity contribution in [3.05, 3.63) is 70.8 Å². The van der Waals surface area contributed by atoms with Crippen molar-refractivity contribution < 1.29 is 36.3 Å². The molecular weight excluding hydrogens is 515 g/mol. The lowest BCUT2D eigenvalue weighted by molar-refractivity contribution is -0.192. The molecule has 1 saturated heterocycles. The molecule has 0 aliphatic carbocycles. The van der Waals surface area contributed by atoms with Crippen LogP contribution >= 0.6 is 0 Å². The number of alkyl halides is 3. The van der Waals surface area contributed by atoms with E-state index >= 15 is 0 Å². The molecule has 0 spiro atoms. The minimum absolute atomic E-state index is 0.200. The van der Waals surface area contributed by atoms with Crippen molar-refractivity contribution in [2.24, 2.45) is 10.9 Å². The van der Waals surface area contributed by atoms with Gasteiger partial charge in [0.2, 0.25) is 5.91 Å². The predicted molar refractivity (Wildman–Crippen MR) is 128 cm³/mol. The average Bonchev–Trinajstić information content (AvgIpc) is 3.17. The molecule has 0 bridgehead atoms. The highest BCUT2D eigenvalue weighted by molar-refractivity contribution is 7.87. The van der Waals surface area contributed by atoms with Gasteiger partial charge >= 0.3 is 12.1 Å². The van der Waals surface area contributed by atoms with Crippen LogP contribution in [-0.2, 0) is 39.3 Å². The van der Waals surface area contributed by atoms with Gasteiger partial charge in [0.05, 0.1) is 6.21 Å². The van der Waals surface area contributed by atoms with Crippen molar-refractivity contribution >= 4 is 28.3 Å². The van der Waals surface area contributed by atoms with Gasteiger partial charge in [-0.1, -0.05) is 42.5 Å². The number of nitrogens with one attached hydrogen (secondary N) is 1. The maximum Gasteiger partial charge on any atom is 0.490 e. The number of benzene rings is 2. The summed E-state index contributed by atoms with van der Waals surface area (Å²) >= 11 is 0. The van der Waals surface area contributed by atoms with Gasteiger partial charge < -0.3 is 15.8 Å². The third kappa shape index (κ3) is 7.50. The van der Waals surface area contributed by atoms with E-state index in [4.69, 9.17) is 15.7 Å². The van der Waals surface area contributed by atoms with Crippen molar-refractivity contribution in [1.29, 1.82) is 0 Å². The molecule has 10 nitrogen and oxygen atoms in total. The van der Waals surface area contributed by atoms with Gasteiger partial charge in [0.1, 0.15) is 6.04 Å². The van der Waals surface area contributed by atoms with Crippen LogP contribution in [0.1, 0.15) is 28.7 Å². The summed E-state index contributed by atoms with van der Waals surface area (Å²) in [7, 11) is -3.75. The van der Waals surface area contributed by atoms with Crippen LogP contribution in [-0.4, -0.2) is 66.1 Å². The number of likely N-dealkylation sites (tertiary alicyclic amines) is 1. The van der Waals surface area contributed by atoms with Crippen molar-refractivity contribution in [3.8, 4) is 0 Å². The van der Waals surface area contributed by atoms with E-state index in [1.54, 1.807) is 11.1 Å². The van der Waals surface area contributed by atoms with Crippen LogP contribution in [0.5, 0.6) is 0 Å². The Labute approximate surface area is 211 Å². The Balaban J connectivity index is 0.000000479. The third-order valence-electron chi connectivity index (χ3n) is 5.81. The number of carboxylic acids is 1. The smallest absolute Gasteiger partial charge is 0.475 e. The van der Waals surface area contributed by atoms with Crippen LogP contribution in [0.3, 0.4) is 0 Å². The Hall–Kier alpha value is -3.49. The Kier molecular flexibility index (Phi) is 8.89. The first kappa shape index (κ1) is 28.1. The first-order valence-electron chi connectivity index (χ1n) is 11.2. The number of hydrogen-bond donors (Lipinski definition) is 3. The molecule has 200 valence electrons. The van der Waals surface area contributed by atoms with Crippen molar-refractivity contribution in [3.63, 3.8) is 0 Å². The Bertz CT molecular complexity index is 1270. The maximum absolute atomic E-state index is 12.9. The molecule has 2 aliphatic rings. The highest BCUT2D eigenvalue weighted by Gasteiger charge is 2.38. The van der Waals surface area contributed by atoms with E-state index in [-0.39, 0.29) is 5.91 Å². The Morgan fingerprint density at radius 2 is 1.84 bits per heavy atom. The maximum atomic E-state index is 12.9. The fourth-order valence-corrected chi connectivity index (χ4v) is 5.38. The molecular formula is C23H26F3N5O5S. The number of aliphatic carboxylic acids is 1. The zero-order chi connectivity index (χ0) is 27.2. The Morgan fingerprint density at radius 1 is 1.16 bits per heavy atom. The molecule has 0 unspecified atom stereocenters. The number of nitrogens with zero attached hydrogens (tertiary/aromatic N) is 3. The van der Waals surface area contributed by atoms with Crippen LogP contribution in [0.4, 0.5) is 13.2 Å². The van der Waals surface area contributed by atoms with E-state index in [0.717, 1.165) is 16.7 Å². The fraction of sp³-hybridized carbons (Fsp3) is 0.348. The van der Waals surface area contributed by atoms with Gasteiger partial charge in [-0.15, -0.1) is 0 Å². The second kappa shape index (κ2) is 11.7. The van der Waals surface area contributed by atoms with E-state index < -0.39 is 28.4 Å². The zero-order valence-electron chi connectivity index (χ0n) is 19.6. The van der Waals surface area contributed by atoms with Gasteiger partial charge in [0, 0.05) is 26.2 Å². The largest absolute Gasteiger partial charge is 0.490 e. The van der Waals surface area contributed by atoms with E-state index in [1.807, 2.05) is 48.5 Å². The number of carbonyl (C=O) groups is 2. The number of rotatable bonds is 6. The molecule has 0 radical (unpaired) electrons. The summed E-state index contributed by atoms with van der Waals surface area (Å²) in [6.45, 7) is 1.66. The second-order valence-electron chi connectivity index (χ2n) is 8.40. The molecule has 2 heterocycles. The zero-order valence-corrected chi connectivity index (χ0v) is 20.4. The summed E-state index contributed by atoms with van der Waals surface area (Å²) in [6, 6.07) is 14.7. The molecule has 2 aliphatic heterocycles. The fourth-order valence-electron chi connectivity index (χ4n) is 4.01. The van der Waals surface area contributed by atoms with Gasteiger partial charge in [-0.05, 0) is 41.2 Å². The molecule has 0 saturated carbocycles. The lowest BCUT2D eigenvalue weighted by atomic mass is 10.0. The minimum Gasteiger partial charge on any atom is -0.475 e. The summed E-state index contributed by atoms with van der Waals surface area (Å²) in [5, 5.41) is 10.6. The van der Waals surface area contributed by atoms with E-state index in [0.29, 0.717) is 39.0 Å². The topological polar surface area (TPSA) is 145 Å². The summed E-state index contributed by atoms with van der Waals surface area (Å²) in [6.07, 6.45) is -2.42. The SMILES string of the molecule is NN=Cc1cccc(CN2CC[C@H](NS(=O)(=O)N3CCc4ccccc4C3)C2=O)c1.O=C(O)C(F)(F)F. The van der Waals surface area contributed by atoms with Crippen molar-refractivity contribution in [2.45, 2.75) is 38.1 Å². The molecule has 1 fully saturated rings. The summed E-state index contributed by atoms with van der Waals surface area (Å²) in [5.74, 6) is 2.24. The number of nitrogens with two attached hydrogens (primary N) is 1. The van der Waals surface area contributed by atoms with Crippen LogP contribution in [0.25, 0.3) is 0 Å². The minimum atomic E-state index is -5.08. The lowest BCUT2D eigenvalue weighted by Gasteiger charge is -2.29. The average molecular weight is 542 g/mol. The first-order chi connectivity index (χ1) is 17.4. The Morgan fingerprint density at radius 3 is 2.49 bits per heavy atom. The van der Waals surface area contributed by atoms with E-state index in [1.165, 1.54) is 9.87 Å². The normalized spacial score (nSPS) is 18.4. The third-order valence-corrected chi connectivity index (χ3v) is 7.39. The molecule has 4 N–H and O–H groups in total.